The first-order chi connectivity index (χ1) is 15.3. The van der Waals surface area contributed by atoms with Gasteiger partial charge in [0.05, 0.1) is 17.1 Å². The van der Waals surface area contributed by atoms with E-state index in [0.717, 1.165) is 21.5 Å². The van der Waals surface area contributed by atoms with Gasteiger partial charge < -0.3 is 10.6 Å². The van der Waals surface area contributed by atoms with Crippen LogP contribution in [-0.4, -0.2) is 21.6 Å². The van der Waals surface area contributed by atoms with Crippen molar-refractivity contribution < 1.29 is 14.0 Å². The molecule has 32 heavy (non-hydrogen) atoms. The largest absolute Gasteiger partial charge is 0.326 e. The first-order valence-corrected chi connectivity index (χ1v) is 11.1. The molecule has 0 aliphatic heterocycles. The van der Waals surface area contributed by atoms with Crippen LogP contribution < -0.4 is 10.6 Å². The van der Waals surface area contributed by atoms with Crippen molar-refractivity contribution >= 4 is 44.7 Å². The molecule has 6 nitrogen and oxygen atoms in total. The average Bonchev–Trinajstić information content (AvgIpc) is 3.32. The maximum Gasteiger partial charge on any atom is 0.265 e. The van der Waals surface area contributed by atoms with Crippen molar-refractivity contribution in [2.24, 2.45) is 5.92 Å². The van der Waals surface area contributed by atoms with Gasteiger partial charge >= 0.3 is 0 Å². The molecule has 2 aromatic heterocycles. The molecule has 0 saturated heterocycles. The number of aromatic nitrogens is 2. The highest BCUT2D eigenvalue weighted by Crippen LogP contribution is 2.29. The molecule has 2 heterocycles. The molecule has 2 aromatic carbocycles. The first kappa shape index (κ1) is 21.7. The normalized spacial score (nSPS) is 11.2. The molecule has 0 spiro atoms. The van der Waals surface area contributed by atoms with E-state index in [-0.39, 0.29) is 23.5 Å². The molecule has 0 aliphatic carbocycles. The van der Waals surface area contributed by atoms with Gasteiger partial charge in [0.2, 0.25) is 5.91 Å². The van der Waals surface area contributed by atoms with Crippen LogP contribution >= 0.6 is 11.3 Å². The van der Waals surface area contributed by atoms with Gasteiger partial charge in [0, 0.05) is 22.7 Å². The number of nitrogens with one attached hydrogen (secondary N) is 2. The van der Waals surface area contributed by atoms with E-state index in [1.807, 2.05) is 31.5 Å². The van der Waals surface area contributed by atoms with Gasteiger partial charge in [0.15, 0.2) is 0 Å². The van der Waals surface area contributed by atoms with Crippen LogP contribution in [0.2, 0.25) is 0 Å². The van der Waals surface area contributed by atoms with Crippen molar-refractivity contribution in [1.82, 2.24) is 9.78 Å². The van der Waals surface area contributed by atoms with Gasteiger partial charge in [-0.25, -0.2) is 4.39 Å². The third-order valence-electron chi connectivity index (χ3n) is 5.01. The van der Waals surface area contributed by atoms with E-state index < -0.39 is 0 Å². The summed E-state index contributed by atoms with van der Waals surface area (Å²) < 4.78 is 15.0. The van der Waals surface area contributed by atoms with Gasteiger partial charge in [-0.2, -0.15) is 5.10 Å². The molecule has 4 rings (SSSR count). The number of aryl methyl sites for hydroxylation is 1. The number of benzene rings is 2. The molecule has 2 amide bonds. The third kappa shape index (κ3) is 4.70. The average molecular weight is 451 g/mol. The molecule has 0 atom stereocenters. The molecule has 4 aromatic rings. The Labute approximate surface area is 189 Å². The van der Waals surface area contributed by atoms with Gasteiger partial charge in [-0.15, -0.1) is 11.3 Å². The molecule has 0 saturated carbocycles. The van der Waals surface area contributed by atoms with Crippen molar-refractivity contribution in [3.8, 4) is 0 Å². The third-order valence-corrected chi connectivity index (χ3v) is 6.16. The smallest absolute Gasteiger partial charge is 0.265 e. The van der Waals surface area contributed by atoms with Crippen LogP contribution in [0.1, 0.15) is 34.8 Å². The van der Waals surface area contributed by atoms with Gasteiger partial charge in [-0.3, -0.25) is 14.3 Å². The van der Waals surface area contributed by atoms with Crippen molar-refractivity contribution in [1.29, 1.82) is 0 Å². The number of amides is 2. The highest BCUT2D eigenvalue weighted by atomic mass is 32.1. The van der Waals surface area contributed by atoms with E-state index in [1.165, 1.54) is 23.5 Å². The number of carbonyl (C=O) groups excluding carboxylic acids is 2. The maximum atomic E-state index is 13.2. The topological polar surface area (TPSA) is 76.0 Å². The molecule has 0 unspecified atom stereocenters. The quantitative estimate of drug-likeness (QED) is 0.411. The van der Waals surface area contributed by atoms with Gasteiger partial charge in [0.1, 0.15) is 10.6 Å². The number of hydrogen-bond acceptors (Lipinski definition) is 4. The van der Waals surface area contributed by atoms with Crippen molar-refractivity contribution in [3.05, 3.63) is 76.5 Å². The standard InChI is InChI=1S/C24H23FN4O2S/c1-14(2)22(30)26-18-8-10-19(11-9-18)27-23(31)21-12-20-15(3)28-29(24(20)32-21)13-16-4-6-17(25)7-5-16/h4-12,14H,13H2,1-3H3,(H,26,30)(H,27,31). The number of hydrogen-bond donors (Lipinski definition) is 2. The molecular formula is C24H23FN4O2S. The SMILES string of the molecule is Cc1nn(Cc2ccc(F)cc2)c2sc(C(=O)Nc3ccc(NC(=O)C(C)C)cc3)cc12. The summed E-state index contributed by atoms with van der Waals surface area (Å²) in [4.78, 5) is 26.1. The lowest BCUT2D eigenvalue weighted by Gasteiger charge is -2.09. The molecule has 164 valence electrons. The lowest BCUT2D eigenvalue weighted by molar-refractivity contribution is -0.118. The fraction of sp³-hybridized carbons (Fsp3) is 0.208. The minimum atomic E-state index is -0.277. The van der Waals surface area contributed by atoms with E-state index in [2.05, 4.69) is 15.7 Å². The highest BCUT2D eigenvalue weighted by Gasteiger charge is 2.17. The van der Waals surface area contributed by atoms with E-state index in [4.69, 9.17) is 0 Å². The summed E-state index contributed by atoms with van der Waals surface area (Å²) in [5, 5.41) is 11.2. The first-order valence-electron chi connectivity index (χ1n) is 10.2. The molecule has 0 aliphatic rings. The zero-order valence-corrected chi connectivity index (χ0v) is 18.8. The summed E-state index contributed by atoms with van der Waals surface area (Å²) in [6.07, 6.45) is 0. The Bertz CT molecular complexity index is 1270. The lowest BCUT2D eigenvalue weighted by atomic mass is 10.2. The number of fused-ring (bicyclic) bond motifs is 1. The van der Waals surface area contributed by atoms with Crippen LogP contribution in [0.15, 0.2) is 54.6 Å². The fourth-order valence-electron chi connectivity index (χ4n) is 3.21. The van der Waals surface area contributed by atoms with E-state index in [0.29, 0.717) is 22.8 Å². The van der Waals surface area contributed by atoms with E-state index in [9.17, 15) is 14.0 Å². The molecule has 0 fully saturated rings. The number of carbonyl (C=O) groups is 2. The van der Waals surface area contributed by atoms with Gasteiger partial charge in [-0.05, 0) is 55.0 Å². The number of thiophene rings is 1. The van der Waals surface area contributed by atoms with Crippen LogP contribution in [0.25, 0.3) is 10.2 Å². The zero-order chi connectivity index (χ0) is 22.8. The summed E-state index contributed by atoms with van der Waals surface area (Å²) in [5.74, 6) is -0.652. The van der Waals surface area contributed by atoms with Crippen molar-refractivity contribution in [2.45, 2.75) is 27.3 Å². The highest BCUT2D eigenvalue weighted by molar-refractivity contribution is 7.20. The Balaban J connectivity index is 1.49. The second-order valence-electron chi connectivity index (χ2n) is 7.87. The Hall–Kier alpha value is -3.52. The second kappa shape index (κ2) is 8.92. The number of anilines is 2. The van der Waals surface area contributed by atoms with Crippen molar-refractivity contribution in [2.75, 3.05) is 10.6 Å². The molecular weight excluding hydrogens is 427 g/mol. The second-order valence-corrected chi connectivity index (χ2v) is 8.91. The number of rotatable bonds is 6. The van der Waals surface area contributed by atoms with Crippen molar-refractivity contribution in [3.63, 3.8) is 0 Å². The van der Waals surface area contributed by atoms with Crippen LogP contribution in [-0.2, 0) is 11.3 Å². The Morgan fingerprint density at radius 3 is 2.28 bits per heavy atom. The number of nitrogens with zero attached hydrogens (tertiary/aromatic N) is 2. The van der Waals surface area contributed by atoms with Crippen LogP contribution in [0.5, 0.6) is 0 Å². The van der Waals surface area contributed by atoms with Crippen LogP contribution in [0.3, 0.4) is 0 Å². The fourth-order valence-corrected chi connectivity index (χ4v) is 4.27. The Morgan fingerprint density at radius 1 is 1.03 bits per heavy atom. The molecule has 2 N–H and O–H groups in total. The minimum absolute atomic E-state index is 0.0582. The van der Waals surface area contributed by atoms with Gasteiger partial charge in [0.25, 0.3) is 5.91 Å². The summed E-state index contributed by atoms with van der Waals surface area (Å²) in [7, 11) is 0. The predicted octanol–water partition coefficient (Wildman–Crippen LogP) is 5.44. The monoisotopic (exact) mass is 450 g/mol. The minimum Gasteiger partial charge on any atom is -0.326 e. The lowest BCUT2D eigenvalue weighted by Crippen LogP contribution is -2.17. The van der Waals surface area contributed by atoms with E-state index >= 15 is 0 Å². The summed E-state index contributed by atoms with van der Waals surface area (Å²) >= 11 is 1.37. The van der Waals surface area contributed by atoms with E-state index in [1.54, 1.807) is 36.4 Å². The summed E-state index contributed by atoms with van der Waals surface area (Å²) in [5.41, 5.74) is 3.09. The zero-order valence-electron chi connectivity index (χ0n) is 18.0. The summed E-state index contributed by atoms with van der Waals surface area (Å²) in [6, 6.07) is 15.2. The number of halogens is 1. The Morgan fingerprint density at radius 2 is 1.66 bits per heavy atom. The molecule has 8 heteroatoms. The predicted molar refractivity (Wildman–Crippen MR) is 126 cm³/mol. The molecule has 0 radical (unpaired) electrons. The maximum absolute atomic E-state index is 13.2. The summed E-state index contributed by atoms with van der Waals surface area (Å²) in [6.45, 7) is 6.06. The van der Waals surface area contributed by atoms with Gasteiger partial charge in [-0.1, -0.05) is 26.0 Å². The Kier molecular flexibility index (Phi) is 6.05. The molecule has 0 bridgehead atoms. The van der Waals surface area contributed by atoms with Crippen LogP contribution in [0.4, 0.5) is 15.8 Å². The van der Waals surface area contributed by atoms with Crippen LogP contribution in [0, 0.1) is 18.7 Å².